The zero-order valence-electron chi connectivity index (χ0n) is 11.9. The Morgan fingerprint density at radius 3 is 2.38 bits per heavy atom. The van der Waals surface area contributed by atoms with Crippen LogP contribution in [0.15, 0.2) is 12.1 Å². The molecule has 5 heteroatoms. The maximum Gasteiger partial charge on any atom is 0.168 e. The molecular formula is C16H18F2O2S. The number of benzene rings is 1. The molecule has 1 aromatic carbocycles. The van der Waals surface area contributed by atoms with Crippen LogP contribution in [-0.2, 0) is 10.8 Å². The van der Waals surface area contributed by atoms with E-state index < -0.39 is 22.4 Å². The van der Waals surface area contributed by atoms with Crippen LogP contribution >= 0.6 is 0 Å². The predicted molar refractivity (Wildman–Crippen MR) is 77.7 cm³/mol. The molecule has 0 N–H and O–H groups in total. The highest BCUT2D eigenvalue weighted by Gasteiger charge is 2.41. The second-order valence-electron chi connectivity index (χ2n) is 6.12. The number of hydrogen-bond donors (Lipinski definition) is 0. The lowest BCUT2D eigenvalue weighted by Gasteiger charge is -2.37. The molecule has 2 heterocycles. The van der Waals surface area contributed by atoms with Crippen molar-refractivity contribution in [2.45, 2.75) is 49.5 Å². The number of fused-ring (bicyclic) bond motifs is 2. The van der Waals surface area contributed by atoms with Gasteiger partial charge in [0.25, 0.3) is 0 Å². The number of halogens is 2. The molecule has 1 aromatic rings. The van der Waals surface area contributed by atoms with Crippen LogP contribution in [0.25, 0.3) is 0 Å². The highest BCUT2D eigenvalue weighted by Crippen LogP contribution is 2.38. The highest BCUT2D eigenvalue weighted by atomic mass is 32.2. The predicted octanol–water partition coefficient (Wildman–Crippen LogP) is 3.54. The number of carbonyl (C=O) groups excluding carboxylic acids is 1. The summed E-state index contributed by atoms with van der Waals surface area (Å²) in [5, 5.41) is 0.132. The molecule has 2 aliphatic rings. The van der Waals surface area contributed by atoms with Gasteiger partial charge in [0.05, 0.1) is 5.56 Å². The van der Waals surface area contributed by atoms with Gasteiger partial charge in [-0.05, 0) is 44.2 Å². The van der Waals surface area contributed by atoms with E-state index in [0.29, 0.717) is 12.8 Å². The van der Waals surface area contributed by atoms with Gasteiger partial charge < -0.3 is 0 Å². The number of Topliss-reactive ketones (excluding diaryl/α,β-unsaturated/α-hetero) is 1. The van der Waals surface area contributed by atoms with Crippen molar-refractivity contribution in [3.8, 4) is 0 Å². The molecule has 0 amide bonds. The first-order chi connectivity index (χ1) is 9.97. The standard InChI is InChI=1S/C16H18F2O2S/c1-9-5-13(15(18)8-14(9)17)16(19)10-6-11-3-2-4-12(7-10)21(11)20/h5,8,10-12H,2-4,6-7H2,1H3. The summed E-state index contributed by atoms with van der Waals surface area (Å²) in [5.74, 6) is -1.97. The van der Waals surface area contributed by atoms with Gasteiger partial charge in [0.2, 0.25) is 0 Å². The van der Waals surface area contributed by atoms with Crippen LogP contribution in [0, 0.1) is 24.5 Å². The molecule has 2 aliphatic heterocycles. The van der Waals surface area contributed by atoms with E-state index in [1.54, 1.807) is 0 Å². The van der Waals surface area contributed by atoms with Gasteiger partial charge in [-0.15, -0.1) is 0 Å². The normalized spacial score (nSPS) is 32.0. The molecule has 2 nitrogen and oxygen atoms in total. The SMILES string of the molecule is Cc1cc(C(=O)C2CC3CCCC(C2)S3=O)c(F)cc1F. The third kappa shape index (κ3) is 2.68. The first-order valence-corrected chi connectivity index (χ1v) is 8.64. The van der Waals surface area contributed by atoms with Gasteiger partial charge in [-0.1, -0.05) is 6.42 Å². The van der Waals surface area contributed by atoms with Crippen LogP contribution in [-0.4, -0.2) is 20.5 Å². The van der Waals surface area contributed by atoms with Crippen molar-refractivity contribution in [3.05, 3.63) is 34.9 Å². The van der Waals surface area contributed by atoms with E-state index in [-0.39, 0.29) is 33.3 Å². The monoisotopic (exact) mass is 312 g/mol. The summed E-state index contributed by atoms with van der Waals surface area (Å²) in [5.41, 5.74) is 0.254. The summed E-state index contributed by atoms with van der Waals surface area (Å²) >= 11 is 0. The fourth-order valence-corrected chi connectivity index (χ4v) is 5.70. The van der Waals surface area contributed by atoms with Gasteiger partial charge in [-0.2, -0.15) is 0 Å². The van der Waals surface area contributed by atoms with E-state index in [4.69, 9.17) is 0 Å². The van der Waals surface area contributed by atoms with Crippen LogP contribution in [0.4, 0.5) is 8.78 Å². The Bertz CT molecular complexity index is 599. The third-order valence-electron chi connectivity index (χ3n) is 4.69. The molecule has 0 aromatic heterocycles. The maximum absolute atomic E-state index is 13.9. The van der Waals surface area contributed by atoms with E-state index in [1.807, 2.05) is 0 Å². The number of rotatable bonds is 2. The highest BCUT2D eigenvalue weighted by molar-refractivity contribution is 7.86. The van der Waals surface area contributed by atoms with Crippen molar-refractivity contribution >= 4 is 16.6 Å². The molecule has 0 aliphatic carbocycles. The van der Waals surface area contributed by atoms with Crippen molar-refractivity contribution in [3.63, 3.8) is 0 Å². The van der Waals surface area contributed by atoms with Gasteiger partial charge in [0.1, 0.15) is 11.6 Å². The lowest BCUT2D eigenvalue weighted by Crippen LogP contribution is -2.41. The minimum Gasteiger partial charge on any atom is -0.294 e. The molecule has 0 spiro atoms. The van der Waals surface area contributed by atoms with E-state index in [9.17, 15) is 17.8 Å². The van der Waals surface area contributed by atoms with Crippen LogP contribution < -0.4 is 0 Å². The fraction of sp³-hybridized carbons (Fsp3) is 0.562. The molecule has 2 bridgehead atoms. The maximum atomic E-state index is 13.9. The summed E-state index contributed by atoms with van der Waals surface area (Å²) in [6.07, 6.45) is 3.97. The van der Waals surface area contributed by atoms with Gasteiger partial charge in [0.15, 0.2) is 5.78 Å². The Hall–Kier alpha value is -1.10. The zero-order chi connectivity index (χ0) is 15.1. The molecule has 21 heavy (non-hydrogen) atoms. The summed E-state index contributed by atoms with van der Waals surface area (Å²) < 4.78 is 39.3. The molecule has 2 saturated heterocycles. The van der Waals surface area contributed by atoms with Gasteiger partial charge in [-0.3, -0.25) is 9.00 Å². The first-order valence-electron chi connectivity index (χ1n) is 7.36. The minimum atomic E-state index is -0.849. The van der Waals surface area contributed by atoms with Crippen molar-refractivity contribution in [1.29, 1.82) is 0 Å². The Morgan fingerprint density at radius 2 is 1.76 bits per heavy atom. The lowest BCUT2D eigenvalue weighted by molar-refractivity contribution is 0.0891. The van der Waals surface area contributed by atoms with Gasteiger partial charge in [-0.25, -0.2) is 8.78 Å². The molecule has 3 rings (SSSR count). The zero-order valence-corrected chi connectivity index (χ0v) is 12.7. The number of ketones is 1. The van der Waals surface area contributed by atoms with E-state index in [0.717, 1.165) is 25.3 Å². The number of aryl methyl sites for hydroxylation is 1. The van der Waals surface area contributed by atoms with E-state index in [1.165, 1.54) is 13.0 Å². The van der Waals surface area contributed by atoms with E-state index in [2.05, 4.69) is 0 Å². The summed E-state index contributed by atoms with van der Waals surface area (Å²) in [7, 11) is -0.849. The Labute approximate surface area is 125 Å². The molecule has 2 atom stereocenters. The van der Waals surface area contributed by atoms with Crippen LogP contribution in [0.5, 0.6) is 0 Å². The Balaban J connectivity index is 1.86. The fourth-order valence-electron chi connectivity index (χ4n) is 3.51. The second kappa shape index (κ2) is 5.59. The third-order valence-corrected chi connectivity index (χ3v) is 6.86. The number of carbonyl (C=O) groups is 1. The molecule has 114 valence electrons. The minimum absolute atomic E-state index is 0.0235. The smallest absolute Gasteiger partial charge is 0.168 e. The molecule has 2 unspecified atom stereocenters. The van der Waals surface area contributed by atoms with Crippen molar-refractivity contribution in [2.24, 2.45) is 5.92 Å². The van der Waals surface area contributed by atoms with Crippen LogP contribution in [0.1, 0.15) is 48.0 Å². The van der Waals surface area contributed by atoms with Crippen LogP contribution in [0.3, 0.4) is 0 Å². The summed E-state index contributed by atoms with van der Waals surface area (Å²) in [6.45, 7) is 1.52. The summed E-state index contributed by atoms with van der Waals surface area (Å²) in [4.78, 5) is 12.6. The lowest BCUT2D eigenvalue weighted by atomic mass is 9.84. The quantitative estimate of drug-likeness (QED) is 0.783. The first kappa shape index (κ1) is 14.8. The van der Waals surface area contributed by atoms with Crippen molar-refractivity contribution < 1.29 is 17.8 Å². The number of hydrogen-bond acceptors (Lipinski definition) is 2. The van der Waals surface area contributed by atoms with Crippen molar-refractivity contribution in [2.75, 3.05) is 0 Å². The largest absolute Gasteiger partial charge is 0.294 e. The molecule has 0 radical (unpaired) electrons. The average molecular weight is 312 g/mol. The van der Waals surface area contributed by atoms with Crippen LogP contribution in [0.2, 0.25) is 0 Å². The average Bonchev–Trinajstić information content (AvgIpc) is 2.42. The van der Waals surface area contributed by atoms with Gasteiger partial charge >= 0.3 is 0 Å². The molecule has 0 saturated carbocycles. The Morgan fingerprint density at radius 1 is 1.14 bits per heavy atom. The summed E-state index contributed by atoms with van der Waals surface area (Å²) in [6, 6.07) is 2.08. The Kier molecular flexibility index (Phi) is 3.95. The molecular weight excluding hydrogens is 294 g/mol. The topological polar surface area (TPSA) is 34.1 Å². The van der Waals surface area contributed by atoms with E-state index >= 15 is 0 Å². The van der Waals surface area contributed by atoms with Crippen molar-refractivity contribution in [1.82, 2.24) is 0 Å². The second-order valence-corrected chi connectivity index (χ2v) is 8.11. The molecule has 2 fully saturated rings. The van der Waals surface area contributed by atoms with Gasteiger partial charge in [0, 0.05) is 33.3 Å².